The predicted octanol–water partition coefficient (Wildman–Crippen LogP) is 1.35. The van der Waals surface area contributed by atoms with E-state index in [1.165, 1.54) is 12.3 Å². The fourth-order valence-corrected chi connectivity index (χ4v) is 4.31. The lowest BCUT2D eigenvalue weighted by atomic mass is 9.99. The van der Waals surface area contributed by atoms with Gasteiger partial charge in [0.05, 0.1) is 5.02 Å². The molecule has 1 aliphatic heterocycles. The van der Waals surface area contributed by atoms with E-state index in [1.54, 1.807) is 20.8 Å². The molecule has 1 saturated heterocycles. The van der Waals surface area contributed by atoms with Gasteiger partial charge in [-0.2, -0.15) is 12.5 Å². The monoisotopic (exact) mass is 350 g/mol. The molecule has 122 valence electrons. The maximum atomic E-state index is 13.1. The molecule has 2 heterocycles. The van der Waals surface area contributed by atoms with Crippen molar-refractivity contribution in [1.29, 1.82) is 0 Å². The van der Waals surface area contributed by atoms with E-state index < -0.39 is 38.8 Å². The third kappa shape index (κ3) is 2.64. The number of nitrogens with zero attached hydrogens (tertiary/aromatic N) is 2. The highest BCUT2D eigenvalue weighted by atomic mass is 35.5. The molecule has 0 aromatic carbocycles. The smallest absolute Gasteiger partial charge is 0.368 e. The van der Waals surface area contributed by atoms with Gasteiger partial charge in [0.25, 0.3) is 6.09 Å². The molecule has 1 amide bonds. The molecule has 0 radical (unpaired) electrons. The van der Waals surface area contributed by atoms with Crippen LogP contribution in [0.5, 0.6) is 0 Å². The highest BCUT2D eigenvalue weighted by Crippen LogP contribution is 2.38. The topological polar surface area (TPSA) is 79.3 Å². The van der Waals surface area contributed by atoms with Crippen LogP contribution in [0.3, 0.4) is 0 Å². The van der Waals surface area contributed by atoms with E-state index >= 15 is 0 Å². The van der Waals surface area contributed by atoms with Gasteiger partial charge in [-0.25, -0.2) is 9.17 Å². The molecule has 22 heavy (non-hydrogen) atoms. The minimum atomic E-state index is -2.08. The Morgan fingerprint density at radius 3 is 2.77 bits per heavy atom. The molecule has 1 aromatic heterocycles. The lowest BCUT2D eigenvalue weighted by molar-refractivity contribution is -0.821. The van der Waals surface area contributed by atoms with Gasteiger partial charge in [0, 0.05) is 12.6 Å². The summed E-state index contributed by atoms with van der Waals surface area (Å²) < 4.78 is 29.6. The summed E-state index contributed by atoms with van der Waals surface area (Å²) in [6, 6.07) is 0.715. The van der Waals surface area contributed by atoms with Crippen molar-refractivity contribution in [3.05, 3.63) is 28.8 Å². The number of carbonyl (C=O) groups is 1. The van der Waals surface area contributed by atoms with Gasteiger partial charge in [-0.05, 0) is 32.4 Å². The molecule has 2 rings (SSSR count). The second kappa shape index (κ2) is 5.84. The first-order valence-electron chi connectivity index (χ1n) is 6.56. The number of carbonyl (C=O) groups excluding carboxylic acids is 1. The van der Waals surface area contributed by atoms with Crippen LogP contribution < -0.4 is 5.11 Å². The first kappa shape index (κ1) is 17.3. The zero-order valence-electron chi connectivity index (χ0n) is 12.3. The molecule has 1 fully saturated rings. The van der Waals surface area contributed by atoms with Crippen molar-refractivity contribution in [2.45, 2.75) is 38.8 Å². The molecule has 0 N–H and O–H groups in total. The number of carboxylic acid groups (broad SMARTS) is 1. The van der Waals surface area contributed by atoms with Gasteiger partial charge in [-0.15, -0.1) is 0 Å². The van der Waals surface area contributed by atoms with Crippen LogP contribution in [0.15, 0.2) is 12.3 Å². The fraction of sp³-hybridized carbons (Fsp3) is 0.538. The molecule has 6 nitrogen and oxygen atoms in total. The average molecular weight is 351 g/mol. The van der Waals surface area contributed by atoms with Gasteiger partial charge in [-0.3, -0.25) is 0 Å². The number of aromatic nitrogens is 1. The summed E-state index contributed by atoms with van der Waals surface area (Å²) in [5.74, 6) is -0.798. The van der Waals surface area contributed by atoms with Crippen LogP contribution in [0.4, 0.5) is 9.18 Å². The molecular formula is C13H16ClFN2O4S. The largest absolute Gasteiger partial charge is 0.497 e. The summed E-state index contributed by atoms with van der Waals surface area (Å²) in [5, 5.41) is 11.6. The molecule has 0 bridgehead atoms. The van der Waals surface area contributed by atoms with Crippen molar-refractivity contribution in [3.8, 4) is 0 Å². The molecule has 2 unspecified atom stereocenters. The lowest BCUT2D eigenvalue weighted by Crippen LogP contribution is -2.70. The Morgan fingerprint density at radius 1 is 1.64 bits per heavy atom. The summed E-state index contributed by atoms with van der Waals surface area (Å²) in [7, 11) is 0. The molecule has 1 aliphatic rings. The van der Waals surface area contributed by atoms with E-state index in [4.69, 9.17) is 15.8 Å². The molecule has 1 aromatic rings. The summed E-state index contributed by atoms with van der Waals surface area (Å²) in [4.78, 5) is 15.3. The Labute approximate surface area is 135 Å². The number of halogens is 2. The predicted molar refractivity (Wildman–Crippen MR) is 76.2 cm³/mol. The van der Waals surface area contributed by atoms with Crippen molar-refractivity contribution < 1.29 is 26.6 Å². The average Bonchev–Trinajstić information content (AvgIpc) is 2.71. The van der Waals surface area contributed by atoms with Crippen LogP contribution in [0, 0.1) is 5.95 Å². The number of rotatable bonds is 2. The van der Waals surface area contributed by atoms with Crippen LogP contribution in [0.1, 0.15) is 26.3 Å². The van der Waals surface area contributed by atoms with Gasteiger partial charge in [-0.1, -0.05) is 11.6 Å². The summed E-state index contributed by atoms with van der Waals surface area (Å²) in [6.07, 6.45) is -0.0338. The normalized spacial score (nSPS) is 28.8. The Balaban J connectivity index is 2.42. The first-order chi connectivity index (χ1) is 10.1. The standard InChI is InChI=1S/C13H16ClFN2O4S/c1-13(2,3)17(12(18)19)9(7-21-22(17)20)4-8-5-10(14)11(15)16-6-8/h5-6,9H,4,7H2,1-3H3/t9-,17?,22?/m0/s1. The van der Waals surface area contributed by atoms with Crippen LogP contribution in [0.2, 0.25) is 5.02 Å². The minimum absolute atomic E-state index is 0.0210. The molecule has 0 aliphatic carbocycles. The SMILES string of the molecule is CC(C)(C)[N+]1(C(=O)[O-])[C@@H](Cc2cnc(F)c(Cl)c2)COS1=O. The maximum Gasteiger partial charge on any atom is 0.368 e. The first-order valence-corrected chi connectivity index (χ1v) is 7.97. The van der Waals surface area contributed by atoms with E-state index in [1.807, 2.05) is 0 Å². The Hall–Kier alpha value is -1.09. The molecule has 3 atom stereocenters. The maximum absolute atomic E-state index is 13.1. The number of pyridine rings is 1. The van der Waals surface area contributed by atoms with Crippen LogP contribution >= 0.6 is 11.6 Å². The highest BCUT2D eigenvalue weighted by molar-refractivity contribution is 7.74. The van der Waals surface area contributed by atoms with Gasteiger partial charge < -0.3 is 9.90 Å². The summed E-state index contributed by atoms with van der Waals surface area (Å²) >= 11 is 3.60. The van der Waals surface area contributed by atoms with Crippen molar-refractivity contribution in [2.24, 2.45) is 0 Å². The zero-order valence-corrected chi connectivity index (χ0v) is 13.9. The Kier molecular flexibility index (Phi) is 4.59. The van der Waals surface area contributed by atoms with Crippen molar-refractivity contribution in [2.75, 3.05) is 6.61 Å². The molecule has 0 spiro atoms. The second-order valence-corrected chi connectivity index (χ2v) is 7.72. The molecule has 9 heteroatoms. The number of hydrogen-bond donors (Lipinski definition) is 0. The van der Waals surface area contributed by atoms with Crippen LogP contribution in [-0.4, -0.2) is 37.4 Å². The number of quaternary nitrogens is 1. The number of amides is 1. The minimum Gasteiger partial charge on any atom is -0.497 e. The van der Waals surface area contributed by atoms with Gasteiger partial charge in [0.2, 0.25) is 5.95 Å². The Morgan fingerprint density at radius 2 is 2.27 bits per heavy atom. The van der Waals surface area contributed by atoms with Gasteiger partial charge >= 0.3 is 11.3 Å². The van der Waals surface area contributed by atoms with E-state index in [0.29, 0.717) is 5.56 Å². The van der Waals surface area contributed by atoms with E-state index in [-0.39, 0.29) is 18.1 Å². The molecular weight excluding hydrogens is 335 g/mol. The van der Waals surface area contributed by atoms with Gasteiger partial charge in [0.1, 0.15) is 18.2 Å². The second-order valence-electron chi connectivity index (χ2n) is 6.07. The third-order valence-corrected chi connectivity index (χ3v) is 5.77. The molecule has 0 saturated carbocycles. The van der Waals surface area contributed by atoms with Crippen molar-refractivity contribution in [1.82, 2.24) is 4.98 Å². The summed E-state index contributed by atoms with van der Waals surface area (Å²) in [5.41, 5.74) is -0.380. The van der Waals surface area contributed by atoms with Crippen molar-refractivity contribution >= 4 is 29.0 Å². The zero-order chi connectivity index (χ0) is 16.7. The van der Waals surface area contributed by atoms with Gasteiger partial charge in [0.15, 0.2) is 0 Å². The number of hydrogen-bond acceptors (Lipinski definition) is 5. The Bertz CT molecular complexity index is 637. The summed E-state index contributed by atoms with van der Waals surface area (Å²) in [6.45, 7) is 4.93. The van der Waals surface area contributed by atoms with E-state index in [9.17, 15) is 18.5 Å². The van der Waals surface area contributed by atoms with Crippen LogP contribution in [0.25, 0.3) is 0 Å². The third-order valence-electron chi connectivity index (χ3n) is 3.70. The van der Waals surface area contributed by atoms with Crippen LogP contribution in [-0.2, 0) is 21.9 Å². The van der Waals surface area contributed by atoms with E-state index in [0.717, 1.165) is 0 Å². The lowest BCUT2D eigenvalue weighted by Gasteiger charge is -2.44. The van der Waals surface area contributed by atoms with E-state index in [2.05, 4.69) is 4.98 Å². The highest BCUT2D eigenvalue weighted by Gasteiger charge is 2.60. The van der Waals surface area contributed by atoms with Crippen molar-refractivity contribution in [3.63, 3.8) is 0 Å². The fourth-order valence-electron chi connectivity index (χ4n) is 2.73. The quantitative estimate of drug-likeness (QED) is 0.594.